The highest BCUT2D eigenvalue weighted by Crippen LogP contribution is 2.28. The highest BCUT2D eigenvalue weighted by atomic mass is 32.1. The van der Waals surface area contributed by atoms with Crippen molar-refractivity contribution < 1.29 is 9.18 Å². The van der Waals surface area contributed by atoms with E-state index in [0.717, 1.165) is 16.1 Å². The maximum Gasteiger partial charge on any atom is 0.256 e. The number of carbonyl (C=O) groups is 1. The van der Waals surface area contributed by atoms with Crippen LogP contribution in [0.1, 0.15) is 16.1 Å². The summed E-state index contributed by atoms with van der Waals surface area (Å²) in [6.45, 7) is 1.83. The van der Waals surface area contributed by atoms with Gasteiger partial charge in [-0.15, -0.1) is 0 Å². The lowest BCUT2D eigenvalue weighted by atomic mass is 10.2. The number of aromatic nitrogens is 3. The Bertz CT molecular complexity index is 1160. The van der Waals surface area contributed by atoms with E-state index >= 15 is 0 Å². The van der Waals surface area contributed by atoms with E-state index in [-0.39, 0.29) is 11.7 Å². The van der Waals surface area contributed by atoms with Crippen LogP contribution in [-0.4, -0.2) is 34.8 Å². The summed E-state index contributed by atoms with van der Waals surface area (Å²) in [5, 5.41) is 7.78. The molecule has 0 aliphatic heterocycles. The topological polar surface area (TPSA) is 63.1 Å². The zero-order valence-electron chi connectivity index (χ0n) is 15.6. The number of anilines is 2. The fraction of sp³-hybridized carbons (Fsp3) is 0.150. The molecule has 8 heteroatoms. The number of amides is 1. The lowest BCUT2D eigenvalue weighted by molar-refractivity contribution is 0.102. The second-order valence-electron chi connectivity index (χ2n) is 6.56. The third kappa shape index (κ3) is 3.34. The molecule has 0 spiro atoms. The van der Waals surface area contributed by atoms with Crippen molar-refractivity contribution in [2.75, 3.05) is 24.3 Å². The molecule has 0 aliphatic rings. The first-order chi connectivity index (χ1) is 13.4. The Morgan fingerprint density at radius 1 is 1.18 bits per heavy atom. The summed E-state index contributed by atoms with van der Waals surface area (Å²) in [6.07, 6.45) is 0. The van der Waals surface area contributed by atoms with Crippen molar-refractivity contribution in [1.82, 2.24) is 14.8 Å². The largest absolute Gasteiger partial charge is 0.378 e. The van der Waals surface area contributed by atoms with Gasteiger partial charge in [-0.1, -0.05) is 17.4 Å². The SMILES string of the molecule is Cc1cc(NC(=O)c2ccc(N(C)C)cc2)n(-c2nc3c(F)cccc3s2)n1. The highest BCUT2D eigenvalue weighted by Gasteiger charge is 2.16. The van der Waals surface area contributed by atoms with Crippen LogP contribution in [0.5, 0.6) is 0 Å². The van der Waals surface area contributed by atoms with Gasteiger partial charge in [-0.25, -0.2) is 9.37 Å². The molecule has 1 N–H and O–H groups in total. The molecule has 0 radical (unpaired) electrons. The molecular weight excluding hydrogens is 377 g/mol. The fourth-order valence-electron chi connectivity index (χ4n) is 2.83. The second-order valence-corrected chi connectivity index (χ2v) is 7.57. The third-order valence-corrected chi connectivity index (χ3v) is 5.25. The lowest BCUT2D eigenvalue weighted by Gasteiger charge is -2.12. The van der Waals surface area contributed by atoms with Crippen LogP contribution in [0.15, 0.2) is 48.5 Å². The number of hydrogen-bond acceptors (Lipinski definition) is 5. The molecule has 4 aromatic rings. The number of rotatable bonds is 4. The van der Waals surface area contributed by atoms with Gasteiger partial charge in [-0.2, -0.15) is 9.78 Å². The van der Waals surface area contributed by atoms with Crippen molar-refractivity contribution in [1.29, 1.82) is 0 Å². The lowest BCUT2D eigenvalue weighted by Crippen LogP contribution is -2.15. The maximum absolute atomic E-state index is 14.0. The minimum absolute atomic E-state index is 0.251. The smallest absolute Gasteiger partial charge is 0.256 e. The maximum atomic E-state index is 14.0. The molecule has 28 heavy (non-hydrogen) atoms. The minimum atomic E-state index is -0.379. The number of hydrogen-bond donors (Lipinski definition) is 1. The third-order valence-electron chi connectivity index (χ3n) is 4.26. The van der Waals surface area contributed by atoms with Crippen molar-refractivity contribution >= 4 is 39.0 Å². The molecule has 0 fully saturated rings. The summed E-state index contributed by atoms with van der Waals surface area (Å²) < 4.78 is 16.2. The molecule has 0 aliphatic carbocycles. The molecule has 0 bridgehead atoms. The number of nitrogens with one attached hydrogen (secondary N) is 1. The number of aryl methyl sites for hydroxylation is 1. The first-order valence-corrected chi connectivity index (χ1v) is 9.45. The summed E-state index contributed by atoms with van der Waals surface area (Å²) in [5.74, 6) is -0.146. The van der Waals surface area contributed by atoms with Gasteiger partial charge in [0.1, 0.15) is 17.2 Å². The van der Waals surface area contributed by atoms with Crippen LogP contribution in [0.4, 0.5) is 15.9 Å². The number of nitrogens with zero attached hydrogens (tertiary/aromatic N) is 4. The first kappa shape index (κ1) is 18.1. The van der Waals surface area contributed by atoms with Gasteiger partial charge in [0.15, 0.2) is 0 Å². The fourth-order valence-corrected chi connectivity index (χ4v) is 3.77. The Morgan fingerprint density at radius 2 is 1.93 bits per heavy atom. The molecule has 0 atom stereocenters. The van der Waals surface area contributed by atoms with Crippen molar-refractivity contribution in [2.45, 2.75) is 6.92 Å². The number of thiazole rings is 1. The Labute approximate surface area is 165 Å². The van der Waals surface area contributed by atoms with Gasteiger partial charge in [-0.3, -0.25) is 4.79 Å². The van der Waals surface area contributed by atoms with E-state index in [1.807, 2.05) is 38.1 Å². The summed E-state index contributed by atoms with van der Waals surface area (Å²) >= 11 is 1.31. The van der Waals surface area contributed by atoms with Crippen LogP contribution < -0.4 is 10.2 Å². The average Bonchev–Trinajstić information content (AvgIpc) is 3.26. The summed E-state index contributed by atoms with van der Waals surface area (Å²) in [6, 6.07) is 13.9. The van der Waals surface area contributed by atoms with Gasteiger partial charge in [0.25, 0.3) is 5.91 Å². The predicted octanol–water partition coefficient (Wildman–Crippen LogP) is 4.25. The average molecular weight is 395 g/mol. The van der Waals surface area contributed by atoms with E-state index in [9.17, 15) is 9.18 Å². The Morgan fingerprint density at radius 3 is 2.61 bits per heavy atom. The molecule has 6 nitrogen and oxygen atoms in total. The standard InChI is InChI=1S/C20H18FN5OS/c1-12-11-17(22-19(27)13-7-9-14(10-8-13)25(2)3)26(24-12)20-23-18-15(21)5-4-6-16(18)28-20/h4-11H,1-3H3,(H,22,27). The van der Waals surface area contributed by atoms with Gasteiger partial charge in [-0.05, 0) is 43.3 Å². The van der Waals surface area contributed by atoms with E-state index in [1.54, 1.807) is 30.3 Å². The summed E-state index contributed by atoms with van der Waals surface area (Å²) in [4.78, 5) is 19.0. The zero-order valence-corrected chi connectivity index (χ0v) is 16.4. The van der Waals surface area contributed by atoms with E-state index in [0.29, 0.717) is 22.0 Å². The summed E-state index contributed by atoms with van der Waals surface area (Å²) in [7, 11) is 3.88. The van der Waals surface area contributed by atoms with Gasteiger partial charge >= 0.3 is 0 Å². The zero-order chi connectivity index (χ0) is 19.8. The number of benzene rings is 2. The number of para-hydroxylation sites is 1. The second kappa shape index (κ2) is 7.05. The molecular formula is C20H18FN5OS. The molecule has 2 heterocycles. The van der Waals surface area contributed by atoms with E-state index in [1.165, 1.54) is 22.1 Å². The van der Waals surface area contributed by atoms with Gasteiger partial charge in [0, 0.05) is 31.4 Å². The molecule has 0 saturated heterocycles. The van der Waals surface area contributed by atoms with Crippen molar-refractivity contribution in [3.05, 3.63) is 65.6 Å². The Hall–Kier alpha value is -3.26. The highest BCUT2D eigenvalue weighted by molar-refractivity contribution is 7.20. The van der Waals surface area contributed by atoms with Crippen molar-refractivity contribution in [3.63, 3.8) is 0 Å². The molecule has 142 valence electrons. The van der Waals surface area contributed by atoms with E-state index in [4.69, 9.17) is 0 Å². The molecule has 1 amide bonds. The van der Waals surface area contributed by atoms with Crippen LogP contribution >= 0.6 is 11.3 Å². The normalized spacial score (nSPS) is 11.0. The monoisotopic (exact) mass is 395 g/mol. The van der Waals surface area contributed by atoms with Crippen molar-refractivity contribution in [3.8, 4) is 5.13 Å². The van der Waals surface area contributed by atoms with Crippen LogP contribution in [0.2, 0.25) is 0 Å². The molecule has 4 rings (SSSR count). The minimum Gasteiger partial charge on any atom is -0.378 e. The number of fused-ring (bicyclic) bond motifs is 1. The molecule has 0 saturated carbocycles. The quantitative estimate of drug-likeness (QED) is 0.561. The van der Waals surface area contributed by atoms with Crippen molar-refractivity contribution in [2.24, 2.45) is 0 Å². The van der Waals surface area contributed by atoms with Gasteiger partial charge in [0.2, 0.25) is 5.13 Å². The van der Waals surface area contributed by atoms with Gasteiger partial charge in [0.05, 0.1) is 10.4 Å². The van der Waals surface area contributed by atoms with Crippen LogP contribution in [0.3, 0.4) is 0 Å². The Balaban J connectivity index is 1.65. The Kier molecular flexibility index (Phi) is 4.56. The van der Waals surface area contributed by atoms with Crippen LogP contribution in [-0.2, 0) is 0 Å². The molecule has 0 unspecified atom stereocenters. The van der Waals surface area contributed by atoms with Crippen LogP contribution in [0, 0.1) is 12.7 Å². The van der Waals surface area contributed by atoms with E-state index in [2.05, 4.69) is 15.4 Å². The van der Waals surface area contributed by atoms with Crippen LogP contribution in [0.25, 0.3) is 15.3 Å². The number of carbonyl (C=O) groups excluding carboxylic acids is 1. The summed E-state index contributed by atoms with van der Waals surface area (Å²) in [5.41, 5.74) is 2.56. The van der Waals surface area contributed by atoms with Gasteiger partial charge < -0.3 is 10.2 Å². The predicted molar refractivity (Wildman–Crippen MR) is 110 cm³/mol. The molecule has 2 aromatic heterocycles. The first-order valence-electron chi connectivity index (χ1n) is 8.63. The van der Waals surface area contributed by atoms with E-state index < -0.39 is 0 Å². The molecule has 2 aromatic carbocycles. The number of halogens is 1.